The zero-order valence-corrected chi connectivity index (χ0v) is 8.59. The minimum atomic E-state index is 0. The minimum absolute atomic E-state index is 0. The van der Waals surface area contributed by atoms with E-state index in [4.69, 9.17) is 0 Å². The molecule has 9 heavy (non-hydrogen) atoms. The van der Waals surface area contributed by atoms with Crippen LogP contribution in [0.4, 0.5) is 0 Å². The summed E-state index contributed by atoms with van der Waals surface area (Å²) in [6.07, 6.45) is 5.76. The van der Waals surface area contributed by atoms with Crippen LogP contribution in [0.1, 0.15) is 12.6 Å². The molecule has 0 N–H and O–H groups in total. The third-order valence-electron chi connectivity index (χ3n) is 1.06. The van der Waals surface area contributed by atoms with Gasteiger partial charge in [0.2, 0.25) is 0 Å². The summed E-state index contributed by atoms with van der Waals surface area (Å²) in [5.41, 5.74) is 1.10. The number of aryl methyl sites for hydroxylation is 2. The molecule has 0 saturated heterocycles. The average molecular weight is 198 g/mol. The van der Waals surface area contributed by atoms with Crippen molar-refractivity contribution in [2.24, 2.45) is 7.05 Å². The monoisotopic (exact) mass is 198 g/mol. The van der Waals surface area contributed by atoms with Gasteiger partial charge >= 0.3 is 0 Å². The van der Waals surface area contributed by atoms with E-state index in [0.717, 1.165) is 12.1 Å². The molecule has 0 atom stereocenters. The van der Waals surface area contributed by atoms with Crippen molar-refractivity contribution >= 4 is 0 Å². The first kappa shape index (κ1) is 9.31. The van der Waals surface area contributed by atoms with Crippen LogP contribution in [0.2, 0.25) is 0 Å². The minimum Gasteiger partial charge on any atom is -0.456 e. The number of imidazole rings is 1. The molecule has 1 rings (SSSR count). The molecular weight excluding hydrogens is 189 g/mol. The van der Waals surface area contributed by atoms with Crippen LogP contribution in [-0.2, 0) is 46.2 Å². The van der Waals surface area contributed by atoms with Crippen LogP contribution >= 0.6 is 0 Å². The number of aromatic nitrogens is 2. The second-order valence-electron chi connectivity index (χ2n) is 1.80. The predicted molar refractivity (Wildman–Crippen MR) is 31.4 cm³/mol. The molecule has 47 valence electrons. The van der Waals surface area contributed by atoms with E-state index >= 15 is 0 Å². The van der Waals surface area contributed by atoms with Crippen LogP contribution < -0.4 is 0 Å². The molecule has 0 amide bonds. The van der Waals surface area contributed by atoms with Crippen LogP contribution in [0.3, 0.4) is 0 Å². The maximum absolute atomic E-state index is 3.97. The van der Waals surface area contributed by atoms with Crippen molar-refractivity contribution in [1.82, 2.24) is 9.55 Å². The molecule has 1 aromatic rings. The largest absolute Gasteiger partial charge is 0.456 e. The van der Waals surface area contributed by atoms with Crippen molar-refractivity contribution in [2.75, 3.05) is 0 Å². The Morgan fingerprint density at radius 3 is 2.67 bits per heavy atom. The van der Waals surface area contributed by atoms with E-state index in [1.54, 1.807) is 0 Å². The van der Waals surface area contributed by atoms with E-state index < -0.39 is 0 Å². The zero-order valence-electron chi connectivity index (χ0n) is 5.76. The Balaban J connectivity index is 0.000000640. The molecule has 2 nitrogen and oxygen atoms in total. The second-order valence-corrected chi connectivity index (χ2v) is 1.80. The molecular formula is C6H9N2Y-. The van der Waals surface area contributed by atoms with E-state index in [-0.39, 0.29) is 32.7 Å². The van der Waals surface area contributed by atoms with Crippen molar-refractivity contribution in [3.8, 4) is 0 Å². The van der Waals surface area contributed by atoms with Gasteiger partial charge in [0.25, 0.3) is 0 Å². The molecule has 0 aromatic carbocycles. The van der Waals surface area contributed by atoms with Crippen LogP contribution in [0, 0.1) is 6.33 Å². The fourth-order valence-corrected chi connectivity index (χ4v) is 0.595. The van der Waals surface area contributed by atoms with Gasteiger partial charge in [-0.1, -0.05) is 19.0 Å². The quantitative estimate of drug-likeness (QED) is 0.609. The van der Waals surface area contributed by atoms with E-state index in [1.165, 1.54) is 0 Å². The van der Waals surface area contributed by atoms with Gasteiger partial charge in [-0.3, -0.25) is 0 Å². The molecule has 0 aliphatic rings. The Labute approximate surface area is 80.5 Å². The molecule has 1 radical (unpaired) electrons. The Kier molecular flexibility index (Phi) is 4.33. The number of nitrogens with zero attached hydrogens (tertiary/aromatic N) is 2. The Morgan fingerprint density at radius 1 is 1.78 bits per heavy atom. The number of hydrogen-bond acceptors (Lipinski definition) is 1. The Hall–Kier alpha value is 0.314. The zero-order chi connectivity index (χ0) is 5.98. The fraction of sp³-hybridized carbons (Fsp3) is 0.500. The van der Waals surface area contributed by atoms with Crippen LogP contribution in [0.15, 0.2) is 6.20 Å². The summed E-state index contributed by atoms with van der Waals surface area (Å²) in [5, 5.41) is 0. The fourth-order valence-electron chi connectivity index (χ4n) is 0.595. The molecule has 0 unspecified atom stereocenters. The topological polar surface area (TPSA) is 17.8 Å². The van der Waals surface area contributed by atoms with Crippen molar-refractivity contribution in [3.05, 3.63) is 18.2 Å². The Morgan fingerprint density at radius 2 is 2.44 bits per heavy atom. The van der Waals surface area contributed by atoms with Crippen LogP contribution in [0.25, 0.3) is 0 Å². The molecule has 0 aliphatic carbocycles. The normalized spacial score (nSPS) is 8.67. The summed E-state index contributed by atoms with van der Waals surface area (Å²) < 4.78 is 1.83. The molecule has 3 heteroatoms. The first-order valence-electron chi connectivity index (χ1n) is 2.73. The summed E-state index contributed by atoms with van der Waals surface area (Å²) in [4.78, 5) is 3.97. The molecule has 0 saturated carbocycles. The van der Waals surface area contributed by atoms with Crippen molar-refractivity contribution in [2.45, 2.75) is 13.3 Å². The summed E-state index contributed by atoms with van der Waals surface area (Å²) in [7, 11) is 1.92. The third kappa shape index (κ3) is 2.59. The van der Waals surface area contributed by atoms with Gasteiger partial charge in [0.05, 0.1) is 0 Å². The van der Waals surface area contributed by atoms with E-state index in [2.05, 4.69) is 18.2 Å². The van der Waals surface area contributed by atoms with Crippen molar-refractivity contribution < 1.29 is 32.7 Å². The van der Waals surface area contributed by atoms with E-state index in [0.29, 0.717) is 0 Å². The molecule has 0 bridgehead atoms. The van der Waals surface area contributed by atoms with Gasteiger partial charge in [-0.2, -0.15) is 0 Å². The van der Waals surface area contributed by atoms with Crippen molar-refractivity contribution in [3.63, 3.8) is 0 Å². The second kappa shape index (κ2) is 4.18. The third-order valence-corrected chi connectivity index (χ3v) is 1.06. The summed E-state index contributed by atoms with van der Waals surface area (Å²) in [6.45, 7) is 2.08. The van der Waals surface area contributed by atoms with Gasteiger partial charge in [-0.25, -0.2) is 0 Å². The summed E-state index contributed by atoms with van der Waals surface area (Å²) >= 11 is 0. The van der Waals surface area contributed by atoms with Gasteiger partial charge < -0.3 is 9.55 Å². The molecule has 0 spiro atoms. The van der Waals surface area contributed by atoms with Gasteiger partial charge in [0.1, 0.15) is 0 Å². The maximum Gasteiger partial charge on any atom is 0.000465 e. The van der Waals surface area contributed by atoms with Gasteiger partial charge in [0, 0.05) is 39.0 Å². The Bertz CT molecular complexity index is 171. The number of rotatable bonds is 1. The molecule has 0 aliphatic heterocycles. The maximum atomic E-state index is 3.97. The SMILES string of the molecule is CCc1cn(C)[c-]n1.[Y]. The van der Waals surface area contributed by atoms with E-state index in [1.807, 2.05) is 17.8 Å². The standard InChI is InChI=1S/C6H9N2.Y/c1-3-6-4-8(2)5-7-6;/h4H,3H2,1-2H3;/q-1;. The predicted octanol–water partition coefficient (Wildman–Crippen LogP) is 0.780. The van der Waals surface area contributed by atoms with Crippen LogP contribution in [0.5, 0.6) is 0 Å². The first-order chi connectivity index (χ1) is 3.83. The first-order valence-corrected chi connectivity index (χ1v) is 2.73. The molecule has 1 heterocycles. The van der Waals surface area contributed by atoms with E-state index in [9.17, 15) is 0 Å². The van der Waals surface area contributed by atoms with Gasteiger partial charge in [0.15, 0.2) is 0 Å². The van der Waals surface area contributed by atoms with Gasteiger partial charge in [-0.05, 0) is 7.05 Å². The summed E-state index contributed by atoms with van der Waals surface area (Å²) in [6, 6.07) is 0. The van der Waals surface area contributed by atoms with Crippen LogP contribution in [-0.4, -0.2) is 9.55 Å². The van der Waals surface area contributed by atoms with Crippen molar-refractivity contribution in [1.29, 1.82) is 0 Å². The molecule has 0 fully saturated rings. The number of hydrogen-bond donors (Lipinski definition) is 0. The smallest absolute Gasteiger partial charge is 0.000465 e. The average Bonchev–Trinajstić information content (AvgIpc) is 2.14. The molecule has 1 aromatic heterocycles. The summed E-state index contributed by atoms with van der Waals surface area (Å²) in [5.74, 6) is 0. The van der Waals surface area contributed by atoms with Gasteiger partial charge in [-0.15, -0.1) is 6.20 Å².